The SMILES string of the molecule is CN(CCN)c1nc(N)nc2c1oc1ccc(Cl)cc12. The molecule has 0 radical (unpaired) electrons. The molecule has 0 bridgehead atoms. The fourth-order valence-electron chi connectivity index (χ4n) is 2.18. The zero-order valence-corrected chi connectivity index (χ0v) is 11.7. The lowest BCUT2D eigenvalue weighted by Gasteiger charge is -2.16. The molecule has 3 aromatic rings. The number of hydrogen-bond acceptors (Lipinski definition) is 6. The Labute approximate surface area is 120 Å². The van der Waals surface area contributed by atoms with Crippen molar-refractivity contribution in [2.75, 3.05) is 30.8 Å². The van der Waals surface area contributed by atoms with Crippen LogP contribution in [-0.2, 0) is 0 Å². The average molecular weight is 292 g/mol. The predicted octanol–water partition coefficient (Wildman–Crippen LogP) is 2.01. The van der Waals surface area contributed by atoms with Crippen LogP contribution < -0.4 is 16.4 Å². The Balaban J connectivity index is 2.33. The maximum absolute atomic E-state index is 6.02. The minimum atomic E-state index is 0.194. The Morgan fingerprint density at radius 1 is 1.35 bits per heavy atom. The number of fused-ring (bicyclic) bond motifs is 3. The van der Waals surface area contributed by atoms with E-state index in [1.165, 1.54) is 0 Å². The van der Waals surface area contributed by atoms with Crippen LogP contribution in [0.5, 0.6) is 0 Å². The second-order valence-electron chi connectivity index (χ2n) is 4.54. The van der Waals surface area contributed by atoms with Gasteiger partial charge < -0.3 is 20.8 Å². The van der Waals surface area contributed by atoms with E-state index in [0.717, 1.165) is 5.39 Å². The summed E-state index contributed by atoms with van der Waals surface area (Å²) >= 11 is 6.02. The molecule has 2 heterocycles. The minimum absolute atomic E-state index is 0.194. The molecule has 2 aromatic heterocycles. The highest BCUT2D eigenvalue weighted by molar-refractivity contribution is 6.31. The number of likely N-dealkylation sites (N-methyl/N-ethyl adjacent to an activating group) is 1. The van der Waals surface area contributed by atoms with E-state index >= 15 is 0 Å². The third kappa shape index (κ3) is 2.03. The molecule has 0 aliphatic heterocycles. The first-order chi connectivity index (χ1) is 9.60. The molecule has 0 saturated heterocycles. The first-order valence-corrected chi connectivity index (χ1v) is 6.54. The summed E-state index contributed by atoms with van der Waals surface area (Å²) in [6.07, 6.45) is 0. The molecule has 0 aliphatic rings. The number of anilines is 2. The highest BCUT2D eigenvalue weighted by Crippen LogP contribution is 2.34. The zero-order valence-electron chi connectivity index (χ0n) is 10.9. The van der Waals surface area contributed by atoms with Crippen molar-refractivity contribution in [2.45, 2.75) is 0 Å². The quantitative estimate of drug-likeness (QED) is 0.766. The number of furan rings is 1. The van der Waals surface area contributed by atoms with Gasteiger partial charge in [-0.15, -0.1) is 0 Å². The van der Waals surface area contributed by atoms with Gasteiger partial charge in [0.1, 0.15) is 11.1 Å². The van der Waals surface area contributed by atoms with Crippen LogP contribution in [0.15, 0.2) is 22.6 Å². The summed E-state index contributed by atoms with van der Waals surface area (Å²) in [4.78, 5) is 10.4. The van der Waals surface area contributed by atoms with Crippen LogP contribution in [0.3, 0.4) is 0 Å². The van der Waals surface area contributed by atoms with Gasteiger partial charge in [-0.05, 0) is 18.2 Å². The molecule has 3 rings (SSSR count). The minimum Gasteiger partial charge on any atom is -0.450 e. The molecule has 0 atom stereocenters. The lowest BCUT2D eigenvalue weighted by Crippen LogP contribution is -2.26. The molecule has 4 N–H and O–H groups in total. The Morgan fingerprint density at radius 3 is 2.90 bits per heavy atom. The van der Waals surface area contributed by atoms with Gasteiger partial charge in [0.15, 0.2) is 11.4 Å². The van der Waals surface area contributed by atoms with Gasteiger partial charge in [-0.25, -0.2) is 4.98 Å². The Hall–Kier alpha value is -2.05. The summed E-state index contributed by atoms with van der Waals surface area (Å²) < 4.78 is 5.84. The van der Waals surface area contributed by atoms with E-state index in [1.54, 1.807) is 6.07 Å². The molecule has 0 unspecified atom stereocenters. The highest BCUT2D eigenvalue weighted by Gasteiger charge is 2.17. The van der Waals surface area contributed by atoms with Crippen LogP contribution in [0.4, 0.5) is 11.8 Å². The topological polar surface area (TPSA) is 94.2 Å². The molecule has 0 saturated carbocycles. The Kier molecular flexibility index (Phi) is 3.11. The van der Waals surface area contributed by atoms with Gasteiger partial charge in [0.25, 0.3) is 0 Å². The summed E-state index contributed by atoms with van der Waals surface area (Å²) in [7, 11) is 1.88. The van der Waals surface area contributed by atoms with E-state index in [2.05, 4.69) is 9.97 Å². The third-order valence-electron chi connectivity index (χ3n) is 3.10. The summed E-state index contributed by atoms with van der Waals surface area (Å²) in [5, 5.41) is 1.44. The molecule has 20 heavy (non-hydrogen) atoms. The highest BCUT2D eigenvalue weighted by atomic mass is 35.5. The lowest BCUT2D eigenvalue weighted by atomic mass is 10.2. The second-order valence-corrected chi connectivity index (χ2v) is 4.97. The second kappa shape index (κ2) is 4.81. The molecule has 6 nitrogen and oxygen atoms in total. The van der Waals surface area contributed by atoms with Gasteiger partial charge >= 0.3 is 0 Å². The van der Waals surface area contributed by atoms with Crippen LogP contribution in [0, 0.1) is 0 Å². The average Bonchev–Trinajstić information content (AvgIpc) is 2.76. The third-order valence-corrected chi connectivity index (χ3v) is 3.33. The lowest BCUT2D eigenvalue weighted by molar-refractivity contribution is 0.663. The number of hydrogen-bond donors (Lipinski definition) is 2. The van der Waals surface area contributed by atoms with Crippen molar-refractivity contribution in [3.8, 4) is 0 Å². The Bertz CT molecular complexity index is 785. The first-order valence-electron chi connectivity index (χ1n) is 6.16. The van der Waals surface area contributed by atoms with E-state index < -0.39 is 0 Å². The van der Waals surface area contributed by atoms with Crippen molar-refractivity contribution in [3.63, 3.8) is 0 Å². The number of rotatable bonds is 3. The molecule has 0 spiro atoms. The van der Waals surface area contributed by atoms with Crippen molar-refractivity contribution in [1.82, 2.24) is 9.97 Å². The molecule has 104 valence electrons. The normalized spacial score (nSPS) is 11.3. The van der Waals surface area contributed by atoms with E-state index in [-0.39, 0.29) is 5.95 Å². The largest absolute Gasteiger partial charge is 0.450 e. The van der Waals surface area contributed by atoms with E-state index in [1.807, 2.05) is 24.1 Å². The van der Waals surface area contributed by atoms with E-state index in [9.17, 15) is 0 Å². The van der Waals surface area contributed by atoms with Crippen LogP contribution in [-0.4, -0.2) is 30.1 Å². The molecular formula is C13H14ClN5O. The molecule has 1 aromatic carbocycles. The monoisotopic (exact) mass is 291 g/mol. The zero-order chi connectivity index (χ0) is 14.3. The molecule has 7 heteroatoms. The summed E-state index contributed by atoms with van der Waals surface area (Å²) in [6.45, 7) is 1.15. The van der Waals surface area contributed by atoms with Gasteiger partial charge in [-0.2, -0.15) is 4.98 Å². The predicted molar refractivity (Wildman–Crippen MR) is 81.1 cm³/mol. The van der Waals surface area contributed by atoms with Crippen LogP contribution in [0.25, 0.3) is 22.1 Å². The molecule has 0 aliphatic carbocycles. The smallest absolute Gasteiger partial charge is 0.222 e. The van der Waals surface area contributed by atoms with Gasteiger partial charge in [-0.1, -0.05) is 11.6 Å². The number of nitrogen functional groups attached to an aromatic ring is 1. The fraction of sp³-hybridized carbons (Fsp3) is 0.231. The first kappa shape index (κ1) is 13.0. The maximum Gasteiger partial charge on any atom is 0.222 e. The summed E-state index contributed by atoms with van der Waals surface area (Å²) in [5.41, 5.74) is 13.3. The van der Waals surface area contributed by atoms with Crippen molar-refractivity contribution < 1.29 is 4.42 Å². The molecular weight excluding hydrogens is 278 g/mol. The summed E-state index contributed by atoms with van der Waals surface area (Å²) in [6, 6.07) is 5.39. The number of nitrogens with zero attached hydrogens (tertiary/aromatic N) is 3. The summed E-state index contributed by atoms with van der Waals surface area (Å²) in [5.74, 6) is 0.823. The van der Waals surface area contributed by atoms with Crippen LogP contribution in [0.1, 0.15) is 0 Å². The number of halogens is 1. The van der Waals surface area contributed by atoms with Gasteiger partial charge in [-0.3, -0.25) is 0 Å². The number of nitrogens with two attached hydrogens (primary N) is 2. The maximum atomic E-state index is 6.02. The molecule has 0 fully saturated rings. The number of benzene rings is 1. The Morgan fingerprint density at radius 2 is 2.15 bits per heavy atom. The van der Waals surface area contributed by atoms with Gasteiger partial charge in [0, 0.05) is 30.5 Å². The fourth-order valence-corrected chi connectivity index (χ4v) is 2.35. The number of aromatic nitrogens is 2. The molecule has 0 amide bonds. The standard InChI is InChI=1S/C13H14ClN5O/c1-19(5-4-15)12-11-10(17-13(16)18-12)8-6-7(14)2-3-9(8)20-11/h2-3,6H,4-5,15H2,1H3,(H2,16,17,18). The van der Waals surface area contributed by atoms with Crippen molar-refractivity contribution in [3.05, 3.63) is 23.2 Å². The van der Waals surface area contributed by atoms with E-state index in [0.29, 0.717) is 40.6 Å². The van der Waals surface area contributed by atoms with E-state index in [4.69, 9.17) is 27.5 Å². The van der Waals surface area contributed by atoms with Crippen LogP contribution in [0.2, 0.25) is 5.02 Å². The van der Waals surface area contributed by atoms with Crippen LogP contribution >= 0.6 is 11.6 Å². The van der Waals surface area contributed by atoms with Crippen molar-refractivity contribution in [1.29, 1.82) is 0 Å². The van der Waals surface area contributed by atoms with Gasteiger partial charge in [0.2, 0.25) is 5.95 Å². The van der Waals surface area contributed by atoms with Gasteiger partial charge in [0.05, 0.1) is 0 Å². The van der Waals surface area contributed by atoms with Crippen molar-refractivity contribution in [2.24, 2.45) is 5.73 Å². The van der Waals surface area contributed by atoms with Crippen molar-refractivity contribution >= 4 is 45.4 Å².